The van der Waals surface area contributed by atoms with E-state index in [1.54, 1.807) is 0 Å². The van der Waals surface area contributed by atoms with Crippen molar-refractivity contribution in [1.29, 1.82) is 0 Å². The molecule has 18 heavy (non-hydrogen) atoms. The summed E-state index contributed by atoms with van der Waals surface area (Å²) in [4.78, 5) is 14.1. The Morgan fingerprint density at radius 2 is 2.11 bits per heavy atom. The van der Waals surface area contributed by atoms with E-state index in [9.17, 15) is 4.79 Å². The van der Waals surface area contributed by atoms with Crippen LogP contribution in [0.2, 0.25) is 0 Å². The van der Waals surface area contributed by atoms with Crippen molar-refractivity contribution in [1.82, 2.24) is 10.2 Å². The van der Waals surface area contributed by atoms with Crippen LogP contribution in [0.3, 0.4) is 0 Å². The van der Waals surface area contributed by atoms with Crippen LogP contribution in [0, 0.1) is 0 Å². The normalized spacial score (nSPS) is 20.4. The van der Waals surface area contributed by atoms with Crippen LogP contribution in [0.25, 0.3) is 0 Å². The molecular weight excluding hydrogens is 228 g/mol. The van der Waals surface area contributed by atoms with Gasteiger partial charge in [0.1, 0.15) is 6.61 Å². The fraction of sp³-hybridized carbons (Fsp3) is 0.929. The van der Waals surface area contributed by atoms with Crippen LogP contribution in [0.15, 0.2) is 0 Å². The van der Waals surface area contributed by atoms with Gasteiger partial charge in [0.2, 0.25) is 5.91 Å². The van der Waals surface area contributed by atoms with Crippen LogP contribution in [0.5, 0.6) is 0 Å². The minimum atomic E-state index is -0.260. The summed E-state index contributed by atoms with van der Waals surface area (Å²) in [5, 5.41) is 3.43. The maximum atomic E-state index is 12.2. The molecule has 1 N–H and O–H groups in total. The van der Waals surface area contributed by atoms with E-state index in [-0.39, 0.29) is 24.2 Å². The molecule has 1 aliphatic heterocycles. The third-order valence-corrected chi connectivity index (χ3v) is 3.15. The van der Waals surface area contributed by atoms with E-state index in [4.69, 9.17) is 4.74 Å². The predicted octanol–water partition coefficient (Wildman–Crippen LogP) is 1.79. The molecule has 1 unspecified atom stereocenters. The van der Waals surface area contributed by atoms with Crippen molar-refractivity contribution in [2.75, 3.05) is 19.7 Å². The highest BCUT2D eigenvalue weighted by atomic mass is 16.5. The molecule has 0 aliphatic carbocycles. The van der Waals surface area contributed by atoms with E-state index < -0.39 is 0 Å². The Bertz CT molecular complexity index is 265. The predicted molar refractivity (Wildman–Crippen MR) is 73.6 cm³/mol. The van der Waals surface area contributed by atoms with E-state index in [2.05, 4.69) is 19.2 Å². The van der Waals surface area contributed by atoms with Crippen LogP contribution in [-0.2, 0) is 9.53 Å². The summed E-state index contributed by atoms with van der Waals surface area (Å²) in [5.74, 6) is 0.0913. The zero-order valence-electron chi connectivity index (χ0n) is 12.5. The number of hydrogen-bond acceptors (Lipinski definition) is 3. The number of carbonyl (C=O) groups is 1. The first-order chi connectivity index (χ1) is 8.29. The van der Waals surface area contributed by atoms with Gasteiger partial charge < -0.3 is 15.0 Å². The zero-order valence-corrected chi connectivity index (χ0v) is 12.5. The largest absolute Gasteiger partial charge is 0.366 e. The van der Waals surface area contributed by atoms with Gasteiger partial charge in [0, 0.05) is 18.6 Å². The van der Waals surface area contributed by atoms with Crippen molar-refractivity contribution in [2.45, 2.75) is 65.1 Å². The molecule has 1 saturated heterocycles. The molecule has 0 bridgehead atoms. The Kier molecular flexibility index (Phi) is 5.60. The number of nitrogens with one attached hydrogen (secondary N) is 1. The van der Waals surface area contributed by atoms with Crippen LogP contribution in [0.1, 0.15) is 47.5 Å². The molecule has 0 aromatic rings. The molecule has 0 radical (unpaired) electrons. The zero-order chi connectivity index (χ0) is 13.8. The summed E-state index contributed by atoms with van der Waals surface area (Å²) in [6.07, 6.45) is 2.37. The lowest BCUT2D eigenvalue weighted by molar-refractivity contribution is -0.143. The SMILES string of the molecule is CC(C)N(CC1CCCN1)C(=O)COC(C)(C)C. The number of rotatable bonds is 5. The second-order valence-corrected chi connectivity index (χ2v) is 6.33. The topological polar surface area (TPSA) is 41.6 Å². The molecule has 1 amide bonds. The molecular formula is C14H28N2O2. The van der Waals surface area contributed by atoms with E-state index >= 15 is 0 Å². The summed E-state index contributed by atoms with van der Waals surface area (Å²) < 4.78 is 5.58. The van der Waals surface area contributed by atoms with E-state index in [1.807, 2.05) is 25.7 Å². The fourth-order valence-corrected chi connectivity index (χ4v) is 2.11. The Labute approximate surface area is 111 Å². The molecule has 0 aromatic heterocycles. The first-order valence-corrected chi connectivity index (χ1v) is 6.96. The van der Waals surface area contributed by atoms with Gasteiger partial charge in [0.05, 0.1) is 5.60 Å². The Morgan fingerprint density at radius 1 is 1.44 bits per heavy atom. The highest BCUT2D eigenvalue weighted by Gasteiger charge is 2.24. The average Bonchev–Trinajstić information content (AvgIpc) is 2.73. The molecule has 1 atom stereocenters. The Morgan fingerprint density at radius 3 is 2.56 bits per heavy atom. The quantitative estimate of drug-likeness (QED) is 0.815. The van der Waals surface area contributed by atoms with Gasteiger partial charge in [-0.25, -0.2) is 0 Å². The minimum Gasteiger partial charge on any atom is -0.366 e. The van der Waals surface area contributed by atoms with Gasteiger partial charge >= 0.3 is 0 Å². The van der Waals surface area contributed by atoms with E-state index in [1.165, 1.54) is 6.42 Å². The van der Waals surface area contributed by atoms with Gasteiger partial charge in [-0.05, 0) is 54.0 Å². The van der Waals surface area contributed by atoms with Gasteiger partial charge in [-0.1, -0.05) is 0 Å². The maximum Gasteiger partial charge on any atom is 0.248 e. The monoisotopic (exact) mass is 256 g/mol. The molecule has 1 aliphatic rings. The minimum absolute atomic E-state index is 0.0913. The molecule has 4 nitrogen and oxygen atoms in total. The molecule has 1 heterocycles. The lowest BCUT2D eigenvalue weighted by atomic mass is 10.2. The maximum absolute atomic E-state index is 12.2. The number of amides is 1. The number of nitrogens with zero attached hydrogens (tertiary/aromatic N) is 1. The third kappa shape index (κ3) is 5.36. The molecule has 4 heteroatoms. The Hall–Kier alpha value is -0.610. The van der Waals surface area contributed by atoms with Crippen LogP contribution >= 0.6 is 0 Å². The van der Waals surface area contributed by atoms with Gasteiger partial charge in [-0.15, -0.1) is 0 Å². The molecule has 1 fully saturated rings. The highest BCUT2D eigenvalue weighted by molar-refractivity contribution is 5.77. The summed E-state index contributed by atoms with van der Waals surface area (Å²) in [7, 11) is 0. The molecule has 1 rings (SSSR count). The summed E-state index contributed by atoms with van der Waals surface area (Å²) in [6.45, 7) is 12.1. The van der Waals surface area contributed by atoms with Gasteiger partial charge in [-0.2, -0.15) is 0 Å². The smallest absolute Gasteiger partial charge is 0.248 e. The van der Waals surface area contributed by atoms with Gasteiger partial charge in [-0.3, -0.25) is 4.79 Å². The van der Waals surface area contributed by atoms with Crippen LogP contribution in [-0.4, -0.2) is 48.2 Å². The number of ether oxygens (including phenoxy) is 1. The standard InChI is InChI=1S/C14H28N2O2/c1-11(2)16(9-12-7-6-8-15-12)13(17)10-18-14(3,4)5/h11-12,15H,6-10H2,1-5H3. The van der Waals surface area contributed by atoms with Crippen LogP contribution in [0.4, 0.5) is 0 Å². The number of hydrogen-bond donors (Lipinski definition) is 1. The van der Waals surface area contributed by atoms with E-state index in [0.717, 1.165) is 19.5 Å². The summed E-state index contributed by atoms with van der Waals surface area (Å²) in [5.41, 5.74) is -0.260. The first-order valence-electron chi connectivity index (χ1n) is 6.96. The lowest BCUT2D eigenvalue weighted by Gasteiger charge is -2.30. The van der Waals surface area contributed by atoms with Crippen molar-refractivity contribution >= 4 is 5.91 Å². The van der Waals surface area contributed by atoms with Crippen molar-refractivity contribution in [3.63, 3.8) is 0 Å². The van der Waals surface area contributed by atoms with Crippen molar-refractivity contribution in [2.24, 2.45) is 0 Å². The molecule has 0 aromatic carbocycles. The van der Waals surface area contributed by atoms with Gasteiger partial charge in [0.25, 0.3) is 0 Å². The number of carbonyl (C=O) groups excluding carboxylic acids is 1. The van der Waals surface area contributed by atoms with Crippen LogP contribution < -0.4 is 5.32 Å². The highest BCUT2D eigenvalue weighted by Crippen LogP contribution is 2.11. The fourth-order valence-electron chi connectivity index (χ4n) is 2.11. The molecule has 0 saturated carbocycles. The molecule has 106 valence electrons. The summed E-state index contributed by atoms with van der Waals surface area (Å²) >= 11 is 0. The van der Waals surface area contributed by atoms with Gasteiger partial charge in [0.15, 0.2) is 0 Å². The van der Waals surface area contributed by atoms with Crippen molar-refractivity contribution in [3.8, 4) is 0 Å². The Balaban J connectivity index is 2.47. The van der Waals surface area contributed by atoms with Crippen molar-refractivity contribution in [3.05, 3.63) is 0 Å². The first kappa shape index (κ1) is 15.4. The summed E-state index contributed by atoms with van der Waals surface area (Å²) in [6, 6.07) is 0.675. The second kappa shape index (κ2) is 6.53. The van der Waals surface area contributed by atoms with Crippen molar-refractivity contribution < 1.29 is 9.53 Å². The second-order valence-electron chi connectivity index (χ2n) is 6.33. The lowest BCUT2D eigenvalue weighted by Crippen LogP contribution is -2.46. The molecule has 0 spiro atoms. The third-order valence-electron chi connectivity index (χ3n) is 3.15. The van der Waals surface area contributed by atoms with E-state index in [0.29, 0.717) is 6.04 Å². The average molecular weight is 256 g/mol.